The summed E-state index contributed by atoms with van der Waals surface area (Å²) in [5, 5.41) is 0. The Hall–Kier alpha value is -0.840. The fourth-order valence-corrected chi connectivity index (χ4v) is 1.60. The van der Waals surface area contributed by atoms with Gasteiger partial charge in [-0.15, -0.1) is 0 Å². The van der Waals surface area contributed by atoms with Crippen LogP contribution in [0.25, 0.3) is 0 Å². The van der Waals surface area contributed by atoms with Gasteiger partial charge in [0.25, 0.3) is 0 Å². The Kier molecular flexibility index (Phi) is 2.11. The number of nitrogens with two attached hydrogens (primary N) is 1. The molecule has 1 aromatic rings. The highest BCUT2D eigenvalue weighted by Gasteiger charge is 2.28. The van der Waals surface area contributed by atoms with Gasteiger partial charge in [-0.1, -0.05) is 0 Å². The molecule has 0 aliphatic heterocycles. The molecule has 70 valence electrons. The lowest BCUT2D eigenvalue weighted by molar-refractivity contribution is 0.859. The van der Waals surface area contributed by atoms with Crippen molar-refractivity contribution in [1.29, 1.82) is 0 Å². The Morgan fingerprint density at radius 2 is 2.23 bits per heavy atom. The molecule has 0 aromatic carbocycles. The molecule has 1 fully saturated rings. The third-order valence-electron chi connectivity index (χ3n) is 2.11. The monoisotopic (exact) mass is 242 g/mol. The lowest BCUT2D eigenvalue weighted by atomic mass is 10.5. The van der Waals surface area contributed by atoms with E-state index in [9.17, 15) is 0 Å². The van der Waals surface area contributed by atoms with Gasteiger partial charge in [-0.05, 0) is 28.8 Å². The van der Waals surface area contributed by atoms with Crippen LogP contribution in [0.5, 0.6) is 0 Å². The van der Waals surface area contributed by atoms with Crippen molar-refractivity contribution in [2.45, 2.75) is 18.9 Å². The molecule has 1 heterocycles. The van der Waals surface area contributed by atoms with Crippen molar-refractivity contribution >= 4 is 27.7 Å². The Balaban J connectivity index is 2.27. The summed E-state index contributed by atoms with van der Waals surface area (Å²) in [4.78, 5) is 10.5. The number of hydrogen-bond acceptors (Lipinski definition) is 4. The zero-order valence-electron chi connectivity index (χ0n) is 7.37. The van der Waals surface area contributed by atoms with Gasteiger partial charge >= 0.3 is 0 Å². The molecule has 0 saturated heterocycles. The van der Waals surface area contributed by atoms with E-state index in [0.717, 1.165) is 4.60 Å². The smallest absolute Gasteiger partial charge is 0.228 e. The van der Waals surface area contributed by atoms with Gasteiger partial charge in [0.1, 0.15) is 10.4 Å². The van der Waals surface area contributed by atoms with Crippen molar-refractivity contribution in [3.05, 3.63) is 10.7 Å². The third-order valence-corrected chi connectivity index (χ3v) is 2.52. The normalized spacial score (nSPS) is 15.8. The minimum Gasteiger partial charge on any atom is -0.383 e. The highest BCUT2D eigenvalue weighted by molar-refractivity contribution is 9.10. The second-order valence-electron chi connectivity index (χ2n) is 3.26. The van der Waals surface area contributed by atoms with Gasteiger partial charge in [0.2, 0.25) is 5.95 Å². The maximum atomic E-state index is 5.61. The number of aromatic nitrogens is 2. The Labute approximate surface area is 85.3 Å². The SMILES string of the molecule is CN(c1nc(N)cc(Br)n1)C1CC1. The molecule has 0 spiro atoms. The molecular weight excluding hydrogens is 232 g/mol. The summed E-state index contributed by atoms with van der Waals surface area (Å²) < 4.78 is 0.738. The molecule has 0 radical (unpaired) electrons. The van der Waals surface area contributed by atoms with E-state index in [1.54, 1.807) is 6.07 Å². The largest absolute Gasteiger partial charge is 0.383 e. The summed E-state index contributed by atoms with van der Waals surface area (Å²) in [5.41, 5.74) is 5.61. The average molecular weight is 243 g/mol. The van der Waals surface area contributed by atoms with Crippen LogP contribution in [0, 0.1) is 0 Å². The van der Waals surface area contributed by atoms with Gasteiger partial charge in [-0.3, -0.25) is 0 Å². The van der Waals surface area contributed by atoms with Crippen LogP contribution < -0.4 is 10.6 Å². The molecule has 0 bridgehead atoms. The second-order valence-corrected chi connectivity index (χ2v) is 4.07. The third kappa shape index (κ3) is 1.91. The van der Waals surface area contributed by atoms with Gasteiger partial charge in [-0.2, -0.15) is 4.98 Å². The second kappa shape index (κ2) is 3.14. The van der Waals surface area contributed by atoms with Gasteiger partial charge < -0.3 is 10.6 Å². The molecule has 13 heavy (non-hydrogen) atoms. The lowest BCUT2D eigenvalue weighted by Crippen LogP contribution is -2.22. The Morgan fingerprint density at radius 3 is 2.77 bits per heavy atom. The molecule has 4 nitrogen and oxygen atoms in total. The summed E-state index contributed by atoms with van der Waals surface area (Å²) in [6.07, 6.45) is 2.46. The van der Waals surface area contributed by atoms with E-state index in [0.29, 0.717) is 17.8 Å². The molecule has 1 aliphatic carbocycles. The maximum absolute atomic E-state index is 5.61. The van der Waals surface area contributed by atoms with Crippen molar-refractivity contribution in [2.75, 3.05) is 17.7 Å². The van der Waals surface area contributed by atoms with Crippen LogP contribution in [0.3, 0.4) is 0 Å². The number of nitrogens with zero attached hydrogens (tertiary/aromatic N) is 3. The zero-order valence-corrected chi connectivity index (χ0v) is 8.95. The summed E-state index contributed by atoms with van der Waals surface area (Å²) in [6, 6.07) is 2.30. The van der Waals surface area contributed by atoms with Crippen LogP contribution >= 0.6 is 15.9 Å². The van der Waals surface area contributed by atoms with E-state index in [-0.39, 0.29) is 0 Å². The zero-order chi connectivity index (χ0) is 9.42. The van der Waals surface area contributed by atoms with Gasteiger partial charge in [0.05, 0.1) is 0 Å². The molecule has 2 N–H and O–H groups in total. The van der Waals surface area contributed by atoms with Crippen molar-refractivity contribution < 1.29 is 0 Å². The molecule has 0 unspecified atom stereocenters. The van der Waals surface area contributed by atoms with Crippen LogP contribution in [-0.4, -0.2) is 23.1 Å². The minimum absolute atomic E-state index is 0.504. The molecule has 1 aliphatic rings. The number of nitrogen functional groups attached to an aromatic ring is 1. The minimum atomic E-state index is 0.504. The van der Waals surface area contributed by atoms with Crippen molar-refractivity contribution in [3.63, 3.8) is 0 Å². The van der Waals surface area contributed by atoms with E-state index in [4.69, 9.17) is 5.73 Å². The quantitative estimate of drug-likeness (QED) is 0.798. The summed E-state index contributed by atoms with van der Waals surface area (Å²) in [6.45, 7) is 0. The van der Waals surface area contributed by atoms with Crippen LogP contribution in [0.1, 0.15) is 12.8 Å². The van der Waals surface area contributed by atoms with Crippen molar-refractivity contribution in [1.82, 2.24) is 9.97 Å². The van der Waals surface area contributed by atoms with Crippen LogP contribution in [0.2, 0.25) is 0 Å². The molecule has 1 saturated carbocycles. The molecule has 0 atom stereocenters. The number of anilines is 2. The number of hydrogen-bond donors (Lipinski definition) is 1. The molecule has 5 heteroatoms. The van der Waals surface area contributed by atoms with Crippen LogP contribution in [0.4, 0.5) is 11.8 Å². The average Bonchev–Trinajstić information content (AvgIpc) is 2.83. The van der Waals surface area contributed by atoms with E-state index in [1.165, 1.54) is 12.8 Å². The van der Waals surface area contributed by atoms with Gasteiger partial charge in [0.15, 0.2) is 0 Å². The fourth-order valence-electron chi connectivity index (χ4n) is 1.21. The standard InChI is InChI=1S/C8H11BrN4/c1-13(5-2-3-5)8-11-6(9)4-7(10)12-8/h4-5H,2-3H2,1H3,(H2,10,11,12). The first kappa shape index (κ1) is 8.74. The molecular formula is C8H11BrN4. The van der Waals surface area contributed by atoms with E-state index in [1.807, 2.05) is 7.05 Å². The Morgan fingerprint density at radius 1 is 1.54 bits per heavy atom. The highest BCUT2D eigenvalue weighted by atomic mass is 79.9. The van der Waals surface area contributed by atoms with Gasteiger partial charge in [-0.25, -0.2) is 4.98 Å². The number of rotatable bonds is 2. The summed E-state index contributed by atoms with van der Waals surface area (Å²) in [7, 11) is 2.00. The van der Waals surface area contributed by atoms with E-state index >= 15 is 0 Å². The molecule has 0 amide bonds. The van der Waals surface area contributed by atoms with E-state index in [2.05, 4.69) is 30.8 Å². The summed E-state index contributed by atoms with van der Waals surface area (Å²) >= 11 is 3.29. The Bertz CT molecular complexity index is 304. The topological polar surface area (TPSA) is 55.0 Å². The fraction of sp³-hybridized carbons (Fsp3) is 0.500. The molecule has 2 rings (SSSR count). The van der Waals surface area contributed by atoms with Crippen molar-refractivity contribution in [3.8, 4) is 0 Å². The molecule has 1 aromatic heterocycles. The van der Waals surface area contributed by atoms with Crippen LogP contribution in [-0.2, 0) is 0 Å². The summed E-state index contributed by atoms with van der Waals surface area (Å²) in [5.74, 6) is 1.21. The van der Waals surface area contributed by atoms with E-state index < -0.39 is 0 Å². The first-order valence-corrected chi connectivity index (χ1v) is 4.99. The first-order chi connectivity index (χ1) is 6.16. The predicted octanol–water partition coefficient (Wildman–Crippen LogP) is 1.42. The number of halogens is 1. The maximum Gasteiger partial charge on any atom is 0.228 e. The first-order valence-electron chi connectivity index (χ1n) is 4.19. The highest BCUT2D eigenvalue weighted by Crippen LogP contribution is 2.28. The van der Waals surface area contributed by atoms with Gasteiger partial charge in [0, 0.05) is 19.2 Å². The van der Waals surface area contributed by atoms with Crippen molar-refractivity contribution in [2.24, 2.45) is 0 Å². The van der Waals surface area contributed by atoms with Crippen LogP contribution in [0.15, 0.2) is 10.7 Å². The predicted molar refractivity (Wildman–Crippen MR) is 55.6 cm³/mol. The lowest BCUT2D eigenvalue weighted by Gasteiger charge is -2.15.